The maximum absolute atomic E-state index is 12.3. The third kappa shape index (κ3) is 4.89. The van der Waals surface area contributed by atoms with Gasteiger partial charge in [-0.25, -0.2) is 4.98 Å². The highest BCUT2D eigenvalue weighted by atomic mass is 35.5. The summed E-state index contributed by atoms with van der Waals surface area (Å²) in [4.78, 5) is 19.9. The largest absolute Gasteiger partial charge is 0.329 e. The van der Waals surface area contributed by atoms with Gasteiger partial charge in [0.25, 0.3) is 5.56 Å². The van der Waals surface area contributed by atoms with Crippen LogP contribution in [0.5, 0.6) is 0 Å². The van der Waals surface area contributed by atoms with E-state index in [4.69, 9.17) is 5.73 Å². The quantitative estimate of drug-likeness (QED) is 0.686. The number of hydrogen-bond acceptors (Lipinski definition) is 5. The lowest BCUT2D eigenvalue weighted by molar-refractivity contribution is 0.273. The van der Waals surface area contributed by atoms with Crippen LogP contribution in [0, 0.1) is 6.92 Å². The molecule has 0 spiro atoms. The first-order valence-corrected chi connectivity index (χ1v) is 8.98. The second kappa shape index (κ2) is 9.10. The first kappa shape index (κ1) is 19.6. The molecule has 3 aromatic rings. The van der Waals surface area contributed by atoms with Gasteiger partial charge < -0.3 is 5.73 Å². The number of nitrogens with two attached hydrogens (primary N) is 1. The number of hydrogen-bond donors (Lipinski definition) is 1. The van der Waals surface area contributed by atoms with Crippen LogP contribution in [0.25, 0.3) is 4.96 Å². The molecule has 0 radical (unpaired) electrons. The summed E-state index contributed by atoms with van der Waals surface area (Å²) >= 11 is 1.50. The molecule has 25 heavy (non-hydrogen) atoms. The van der Waals surface area contributed by atoms with Crippen molar-refractivity contribution >= 4 is 28.7 Å². The lowest BCUT2D eigenvalue weighted by atomic mass is 10.1. The summed E-state index contributed by atoms with van der Waals surface area (Å²) in [5, 5.41) is 1.96. The van der Waals surface area contributed by atoms with Gasteiger partial charge >= 0.3 is 0 Å². The fourth-order valence-corrected chi connectivity index (χ4v) is 3.69. The molecule has 0 aliphatic heterocycles. The third-order valence-corrected chi connectivity index (χ3v) is 4.96. The standard InChI is InChI=1S/C18H22N4OS.ClH/c1-14-13-24-18-20-16(11-17(23)22(14)18)12-21(10-8-19)9-7-15-5-3-2-4-6-15;/h2-6,11,13H,7-10,12,19H2,1H3;1H. The summed E-state index contributed by atoms with van der Waals surface area (Å²) < 4.78 is 1.66. The van der Waals surface area contributed by atoms with E-state index >= 15 is 0 Å². The molecular formula is C18H23ClN4OS. The second-order valence-corrected chi connectivity index (χ2v) is 6.72. The first-order valence-electron chi connectivity index (χ1n) is 8.10. The van der Waals surface area contributed by atoms with Crippen molar-refractivity contribution in [1.29, 1.82) is 0 Å². The molecule has 0 fully saturated rings. The Morgan fingerprint density at radius 2 is 2.00 bits per heavy atom. The number of halogens is 1. The van der Waals surface area contributed by atoms with E-state index in [0.29, 0.717) is 13.1 Å². The van der Waals surface area contributed by atoms with Gasteiger partial charge in [0.2, 0.25) is 0 Å². The first-order chi connectivity index (χ1) is 11.7. The van der Waals surface area contributed by atoms with E-state index in [2.05, 4.69) is 34.1 Å². The van der Waals surface area contributed by atoms with Crippen LogP contribution in [0.4, 0.5) is 0 Å². The molecule has 0 aliphatic rings. The second-order valence-electron chi connectivity index (χ2n) is 5.88. The molecule has 2 N–H and O–H groups in total. The van der Waals surface area contributed by atoms with Gasteiger partial charge in [0.1, 0.15) is 0 Å². The molecule has 3 rings (SSSR count). The maximum atomic E-state index is 12.3. The predicted octanol–water partition coefficient (Wildman–Crippen LogP) is 2.49. The summed E-state index contributed by atoms with van der Waals surface area (Å²) in [5.41, 5.74) is 8.78. The monoisotopic (exact) mass is 378 g/mol. The summed E-state index contributed by atoms with van der Waals surface area (Å²) in [7, 11) is 0. The highest BCUT2D eigenvalue weighted by Crippen LogP contribution is 2.12. The zero-order valence-corrected chi connectivity index (χ0v) is 15.9. The van der Waals surface area contributed by atoms with E-state index in [1.165, 1.54) is 16.9 Å². The topological polar surface area (TPSA) is 63.6 Å². The zero-order valence-electron chi connectivity index (χ0n) is 14.2. The van der Waals surface area contributed by atoms with Crippen LogP contribution in [-0.4, -0.2) is 33.9 Å². The van der Waals surface area contributed by atoms with Crippen LogP contribution >= 0.6 is 23.7 Å². The molecule has 2 aromatic heterocycles. The van der Waals surface area contributed by atoms with Crippen molar-refractivity contribution in [3.8, 4) is 0 Å². The van der Waals surface area contributed by atoms with Gasteiger partial charge in [0.15, 0.2) is 4.96 Å². The minimum atomic E-state index is -0.00971. The molecule has 0 atom stereocenters. The van der Waals surface area contributed by atoms with Crippen molar-refractivity contribution in [2.24, 2.45) is 5.73 Å². The van der Waals surface area contributed by atoms with Gasteiger partial charge in [0.05, 0.1) is 5.69 Å². The van der Waals surface area contributed by atoms with E-state index in [1.54, 1.807) is 10.5 Å². The van der Waals surface area contributed by atoms with Crippen molar-refractivity contribution in [3.63, 3.8) is 0 Å². The third-order valence-electron chi connectivity index (χ3n) is 4.02. The van der Waals surface area contributed by atoms with Gasteiger partial charge in [-0.05, 0) is 18.9 Å². The lowest BCUT2D eigenvalue weighted by Gasteiger charge is -2.21. The molecule has 0 unspecified atom stereocenters. The summed E-state index contributed by atoms with van der Waals surface area (Å²) in [6.07, 6.45) is 0.959. The molecule has 134 valence electrons. The zero-order chi connectivity index (χ0) is 16.9. The van der Waals surface area contributed by atoms with E-state index in [9.17, 15) is 4.79 Å². The van der Waals surface area contributed by atoms with Gasteiger partial charge in [-0.2, -0.15) is 0 Å². The Hall–Kier alpha value is -1.73. The Morgan fingerprint density at radius 3 is 2.72 bits per heavy atom. The normalized spacial score (nSPS) is 11.0. The number of benzene rings is 1. The van der Waals surface area contributed by atoms with Crippen molar-refractivity contribution in [3.05, 3.63) is 69.1 Å². The average Bonchev–Trinajstić information content (AvgIpc) is 2.95. The SMILES string of the molecule is Cc1csc2nc(CN(CCN)CCc3ccccc3)cc(=O)n12.Cl. The molecule has 0 bridgehead atoms. The highest BCUT2D eigenvalue weighted by Gasteiger charge is 2.10. The molecule has 1 aromatic carbocycles. The van der Waals surface area contributed by atoms with Gasteiger partial charge in [-0.1, -0.05) is 30.3 Å². The Labute approximate surface area is 157 Å². The molecule has 0 saturated heterocycles. The van der Waals surface area contributed by atoms with Crippen molar-refractivity contribution in [2.45, 2.75) is 19.9 Å². The predicted molar refractivity (Wildman–Crippen MR) is 106 cm³/mol. The van der Waals surface area contributed by atoms with Crippen LogP contribution in [0.15, 0.2) is 46.6 Å². The van der Waals surface area contributed by atoms with E-state index in [1.807, 2.05) is 18.4 Å². The van der Waals surface area contributed by atoms with Crippen molar-refractivity contribution < 1.29 is 0 Å². The summed E-state index contributed by atoms with van der Waals surface area (Å²) in [6, 6.07) is 12.0. The molecule has 0 aliphatic carbocycles. The van der Waals surface area contributed by atoms with Gasteiger partial charge in [-0.3, -0.25) is 14.1 Å². The smallest absolute Gasteiger partial charge is 0.259 e. The molecular weight excluding hydrogens is 356 g/mol. The molecule has 2 heterocycles. The number of aromatic nitrogens is 2. The minimum Gasteiger partial charge on any atom is -0.329 e. The fraction of sp³-hybridized carbons (Fsp3) is 0.333. The molecule has 7 heteroatoms. The van der Waals surface area contributed by atoms with Crippen molar-refractivity contribution in [1.82, 2.24) is 14.3 Å². The Morgan fingerprint density at radius 1 is 1.24 bits per heavy atom. The lowest BCUT2D eigenvalue weighted by Crippen LogP contribution is -2.32. The summed E-state index contributed by atoms with van der Waals surface area (Å²) in [5.74, 6) is 0. The highest BCUT2D eigenvalue weighted by molar-refractivity contribution is 7.15. The van der Waals surface area contributed by atoms with Gasteiger partial charge in [0, 0.05) is 43.3 Å². The Balaban J connectivity index is 0.00000225. The number of thiazole rings is 1. The van der Waals surface area contributed by atoms with Crippen LogP contribution in [0.3, 0.4) is 0 Å². The van der Waals surface area contributed by atoms with Crippen LogP contribution in [-0.2, 0) is 13.0 Å². The van der Waals surface area contributed by atoms with E-state index in [-0.39, 0.29) is 18.0 Å². The molecule has 5 nitrogen and oxygen atoms in total. The number of aryl methyl sites for hydroxylation is 1. The van der Waals surface area contributed by atoms with Crippen LogP contribution in [0.2, 0.25) is 0 Å². The molecule has 0 amide bonds. The number of fused-ring (bicyclic) bond motifs is 1. The fourth-order valence-electron chi connectivity index (χ4n) is 2.80. The summed E-state index contributed by atoms with van der Waals surface area (Å²) in [6.45, 7) is 4.84. The maximum Gasteiger partial charge on any atom is 0.259 e. The van der Waals surface area contributed by atoms with Crippen LogP contribution < -0.4 is 11.3 Å². The van der Waals surface area contributed by atoms with Crippen molar-refractivity contribution in [2.75, 3.05) is 19.6 Å². The Kier molecular flexibility index (Phi) is 7.13. The van der Waals surface area contributed by atoms with Gasteiger partial charge in [-0.15, -0.1) is 23.7 Å². The Bertz CT molecular complexity index is 862. The van der Waals surface area contributed by atoms with E-state index < -0.39 is 0 Å². The van der Waals surface area contributed by atoms with Crippen LogP contribution in [0.1, 0.15) is 17.0 Å². The number of rotatable bonds is 7. The molecule has 0 saturated carbocycles. The average molecular weight is 379 g/mol. The van der Waals surface area contributed by atoms with E-state index in [0.717, 1.165) is 35.9 Å². The number of nitrogens with zero attached hydrogens (tertiary/aromatic N) is 3. The minimum absolute atomic E-state index is 0.